The number of hydrogen-bond donors (Lipinski definition) is 2. The summed E-state index contributed by atoms with van der Waals surface area (Å²) < 4.78 is 47.3. The molecule has 0 saturated heterocycles. The molecule has 0 aromatic heterocycles. The van der Waals surface area contributed by atoms with Crippen molar-refractivity contribution in [1.29, 1.82) is 0 Å². The van der Waals surface area contributed by atoms with Gasteiger partial charge in [0, 0.05) is 17.7 Å². The summed E-state index contributed by atoms with van der Waals surface area (Å²) in [4.78, 5) is 27.3. The lowest BCUT2D eigenvalue weighted by atomic mass is 9.89. The molecule has 2 heterocycles. The van der Waals surface area contributed by atoms with Crippen molar-refractivity contribution >= 4 is 17.6 Å². The number of carbonyl (C=O) groups is 2. The molecule has 0 saturated carbocycles. The highest BCUT2D eigenvalue weighted by molar-refractivity contribution is 6.05. The van der Waals surface area contributed by atoms with Crippen LogP contribution in [0.4, 0.5) is 18.0 Å². The fourth-order valence-corrected chi connectivity index (χ4v) is 4.34. The Labute approximate surface area is 189 Å². The molecule has 174 valence electrons. The van der Waals surface area contributed by atoms with Crippen molar-refractivity contribution in [2.75, 3.05) is 6.54 Å². The molecule has 2 aliphatic heterocycles. The predicted octanol–water partition coefficient (Wildman–Crippen LogP) is 4.83. The van der Waals surface area contributed by atoms with Crippen LogP contribution in [-0.4, -0.2) is 29.0 Å². The van der Waals surface area contributed by atoms with Crippen LogP contribution in [0.2, 0.25) is 0 Å². The van der Waals surface area contributed by atoms with Gasteiger partial charge in [-0.25, -0.2) is 4.79 Å². The van der Waals surface area contributed by atoms with Gasteiger partial charge in [0.05, 0.1) is 23.5 Å². The fraction of sp³-hybridized carbons (Fsp3) is 0.333. The van der Waals surface area contributed by atoms with E-state index in [4.69, 9.17) is 4.74 Å². The number of nitrogens with zero attached hydrogens (tertiary/aromatic N) is 1. The number of fused-ring (bicyclic) bond motifs is 2. The van der Waals surface area contributed by atoms with Gasteiger partial charge in [-0.3, -0.25) is 4.79 Å². The van der Waals surface area contributed by atoms with E-state index in [1.807, 2.05) is 0 Å². The van der Waals surface area contributed by atoms with Gasteiger partial charge in [-0.05, 0) is 57.0 Å². The molecule has 0 radical (unpaired) electrons. The van der Waals surface area contributed by atoms with Gasteiger partial charge >= 0.3 is 12.2 Å². The minimum absolute atomic E-state index is 0.0792. The number of nitrogens with one attached hydrogen (secondary N) is 2. The normalized spacial score (nSPS) is 16.8. The highest BCUT2D eigenvalue weighted by Gasteiger charge is 2.44. The van der Waals surface area contributed by atoms with Crippen LogP contribution >= 0.6 is 0 Å². The van der Waals surface area contributed by atoms with Crippen LogP contribution in [0.1, 0.15) is 53.4 Å². The van der Waals surface area contributed by atoms with E-state index in [1.54, 1.807) is 45.0 Å². The zero-order valence-electron chi connectivity index (χ0n) is 18.7. The average Bonchev–Trinajstić information content (AvgIpc) is 3.04. The summed E-state index contributed by atoms with van der Waals surface area (Å²) in [5, 5.41) is 5.36. The highest BCUT2D eigenvalue weighted by Crippen LogP contribution is 2.48. The van der Waals surface area contributed by atoms with E-state index in [0.717, 1.165) is 11.6 Å². The maximum Gasteiger partial charge on any atom is 0.416 e. The monoisotopic (exact) mass is 459 g/mol. The molecule has 2 aliphatic rings. The number of urea groups is 1. The Morgan fingerprint density at radius 2 is 1.88 bits per heavy atom. The molecule has 2 N–H and O–H groups in total. The summed E-state index contributed by atoms with van der Waals surface area (Å²) in [6.45, 7) is 6.98. The summed E-state index contributed by atoms with van der Waals surface area (Å²) in [6, 6.07) is 8.71. The largest absolute Gasteiger partial charge is 0.481 e. The summed E-state index contributed by atoms with van der Waals surface area (Å²) in [6.07, 6.45) is -4.59. The van der Waals surface area contributed by atoms with Crippen LogP contribution in [0.3, 0.4) is 0 Å². The van der Waals surface area contributed by atoms with Crippen molar-refractivity contribution in [3.8, 4) is 5.75 Å². The molecule has 6 nitrogen and oxygen atoms in total. The number of benzene rings is 2. The molecule has 0 fully saturated rings. The molecule has 0 unspecified atom stereocenters. The molecular weight excluding hydrogens is 435 g/mol. The quantitative estimate of drug-likeness (QED) is 0.691. The van der Waals surface area contributed by atoms with Gasteiger partial charge in [-0.2, -0.15) is 13.2 Å². The number of halogens is 3. The maximum atomic E-state index is 13.8. The van der Waals surface area contributed by atoms with E-state index in [1.165, 1.54) is 17.9 Å². The lowest BCUT2D eigenvalue weighted by molar-refractivity contribution is -0.138. The van der Waals surface area contributed by atoms with Crippen molar-refractivity contribution in [2.45, 2.75) is 46.0 Å². The first-order valence-electron chi connectivity index (χ1n) is 10.5. The minimum atomic E-state index is -4.59. The van der Waals surface area contributed by atoms with Crippen LogP contribution in [0.15, 0.2) is 42.1 Å². The number of carbonyl (C=O) groups excluding carboxylic acids is 2. The van der Waals surface area contributed by atoms with E-state index in [-0.39, 0.29) is 40.7 Å². The van der Waals surface area contributed by atoms with Gasteiger partial charge < -0.3 is 20.3 Å². The molecule has 0 atom stereocenters. The maximum absolute atomic E-state index is 13.8. The summed E-state index contributed by atoms with van der Waals surface area (Å²) in [5.41, 5.74) is -0.262. The Morgan fingerprint density at radius 1 is 1.18 bits per heavy atom. The Hall–Kier alpha value is -3.49. The predicted molar refractivity (Wildman–Crippen MR) is 116 cm³/mol. The molecule has 3 amide bonds. The van der Waals surface area contributed by atoms with Crippen LogP contribution in [-0.2, 0) is 12.7 Å². The van der Waals surface area contributed by atoms with Crippen molar-refractivity contribution < 1.29 is 27.5 Å². The van der Waals surface area contributed by atoms with Crippen LogP contribution in [0.5, 0.6) is 5.75 Å². The Kier molecular flexibility index (Phi) is 5.38. The second-order valence-electron chi connectivity index (χ2n) is 8.48. The van der Waals surface area contributed by atoms with Gasteiger partial charge in [-0.15, -0.1) is 0 Å². The van der Waals surface area contributed by atoms with E-state index >= 15 is 0 Å². The van der Waals surface area contributed by atoms with E-state index in [2.05, 4.69) is 10.6 Å². The second-order valence-corrected chi connectivity index (χ2v) is 8.48. The third-order valence-electron chi connectivity index (χ3n) is 5.84. The van der Waals surface area contributed by atoms with E-state index in [9.17, 15) is 22.8 Å². The number of amides is 3. The molecule has 0 aliphatic carbocycles. The third kappa shape index (κ3) is 3.81. The van der Waals surface area contributed by atoms with Crippen molar-refractivity contribution in [1.82, 2.24) is 15.5 Å². The van der Waals surface area contributed by atoms with E-state index < -0.39 is 23.4 Å². The van der Waals surface area contributed by atoms with Crippen LogP contribution < -0.4 is 15.4 Å². The topological polar surface area (TPSA) is 70.7 Å². The Bertz CT molecular complexity index is 1190. The van der Waals surface area contributed by atoms with Crippen molar-refractivity contribution in [3.05, 3.63) is 69.9 Å². The minimum Gasteiger partial charge on any atom is -0.481 e. The molecular formula is C24H24F3N3O3. The zero-order valence-corrected chi connectivity index (χ0v) is 18.7. The highest BCUT2D eigenvalue weighted by atomic mass is 19.4. The lowest BCUT2D eigenvalue weighted by Gasteiger charge is -2.40. The number of rotatable bonds is 3. The molecule has 33 heavy (non-hydrogen) atoms. The molecule has 9 heteroatoms. The molecule has 0 bridgehead atoms. The molecule has 0 spiro atoms. The first-order valence-corrected chi connectivity index (χ1v) is 10.5. The summed E-state index contributed by atoms with van der Waals surface area (Å²) in [5.74, 6) is -0.137. The van der Waals surface area contributed by atoms with Gasteiger partial charge in [0.15, 0.2) is 0 Å². The average molecular weight is 459 g/mol. The SMILES string of the molecule is CCNC(=O)NC1=C(N2Cc3ccccc3C2=O)c2c(ccc(C(F)(F)F)c2C)OC1(C)C. The van der Waals surface area contributed by atoms with Gasteiger partial charge in [0.2, 0.25) is 0 Å². The van der Waals surface area contributed by atoms with Gasteiger partial charge in [0.1, 0.15) is 11.4 Å². The fourth-order valence-electron chi connectivity index (χ4n) is 4.34. The van der Waals surface area contributed by atoms with Crippen molar-refractivity contribution in [3.63, 3.8) is 0 Å². The van der Waals surface area contributed by atoms with Gasteiger partial charge in [0.25, 0.3) is 5.91 Å². The van der Waals surface area contributed by atoms with Gasteiger partial charge in [-0.1, -0.05) is 18.2 Å². The van der Waals surface area contributed by atoms with E-state index in [0.29, 0.717) is 12.1 Å². The standard InChI is InChI=1S/C24H24F3N3O3/c1-5-28-22(32)29-20-19(30-12-14-8-6-7-9-15(14)21(30)31)18-13(2)16(24(25,26)27)10-11-17(18)33-23(20,3)4/h6-11H,5,12H2,1-4H3,(H2,28,29,32). The first kappa shape index (κ1) is 22.7. The lowest BCUT2D eigenvalue weighted by Crippen LogP contribution is -2.48. The Morgan fingerprint density at radius 3 is 2.52 bits per heavy atom. The zero-order chi connectivity index (χ0) is 24.1. The second kappa shape index (κ2) is 7.83. The van der Waals surface area contributed by atoms with Crippen molar-refractivity contribution in [2.24, 2.45) is 0 Å². The summed E-state index contributed by atoms with van der Waals surface area (Å²) >= 11 is 0. The number of ether oxygens (including phenoxy) is 1. The third-order valence-corrected chi connectivity index (χ3v) is 5.84. The van der Waals surface area contributed by atoms with Crippen LogP contribution in [0, 0.1) is 6.92 Å². The Balaban J connectivity index is 1.99. The molecule has 4 rings (SSSR count). The van der Waals surface area contributed by atoms with Crippen LogP contribution in [0.25, 0.3) is 5.70 Å². The molecule has 2 aromatic rings. The molecule has 2 aromatic carbocycles. The first-order chi connectivity index (χ1) is 15.5. The number of hydrogen-bond acceptors (Lipinski definition) is 3. The summed E-state index contributed by atoms with van der Waals surface area (Å²) in [7, 11) is 0. The number of alkyl halides is 3. The smallest absolute Gasteiger partial charge is 0.416 e.